The summed E-state index contributed by atoms with van der Waals surface area (Å²) in [6.45, 7) is 2.08. The van der Waals surface area contributed by atoms with Gasteiger partial charge in [0.15, 0.2) is 0 Å². The van der Waals surface area contributed by atoms with Crippen molar-refractivity contribution in [2.75, 3.05) is 17.2 Å². The molecule has 6 heteroatoms. The van der Waals surface area contributed by atoms with E-state index in [1.54, 1.807) is 6.07 Å². The molecule has 2 aromatic rings. The van der Waals surface area contributed by atoms with Crippen molar-refractivity contribution < 1.29 is 4.79 Å². The van der Waals surface area contributed by atoms with Gasteiger partial charge in [-0.3, -0.25) is 4.79 Å². The van der Waals surface area contributed by atoms with Crippen LogP contribution in [0.5, 0.6) is 0 Å². The molecule has 2 aromatic carbocycles. The van der Waals surface area contributed by atoms with Crippen molar-refractivity contribution in [2.45, 2.75) is 6.92 Å². The lowest BCUT2D eigenvalue weighted by molar-refractivity contribution is -0.114. The molecule has 1 amide bonds. The lowest BCUT2D eigenvalue weighted by atomic mass is 10.2. The van der Waals surface area contributed by atoms with Gasteiger partial charge in [-0.1, -0.05) is 33.6 Å². The van der Waals surface area contributed by atoms with E-state index in [1.165, 1.54) is 0 Å². The van der Waals surface area contributed by atoms with E-state index in [-0.39, 0.29) is 12.5 Å². The van der Waals surface area contributed by atoms with Crippen LogP contribution in [-0.2, 0) is 4.79 Å². The first-order chi connectivity index (χ1) is 9.95. The second-order valence-corrected chi connectivity index (χ2v) is 6.67. The Bertz CT molecular complexity index is 677. The first-order valence-corrected chi connectivity index (χ1v) is 8.17. The lowest BCUT2D eigenvalue weighted by Crippen LogP contribution is -2.21. The van der Waals surface area contributed by atoms with Crippen LogP contribution in [0, 0.1) is 6.92 Å². The molecule has 110 valence electrons. The third-order valence-electron chi connectivity index (χ3n) is 2.80. The van der Waals surface area contributed by atoms with E-state index >= 15 is 0 Å². The number of carbonyl (C=O) groups is 1. The van der Waals surface area contributed by atoms with Gasteiger partial charge in [0, 0.05) is 19.7 Å². The van der Waals surface area contributed by atoms with E-state index in [9.17, 15) is 4.79 Å². The number of carbonyl (C=O) groups excluding carboxylic acids is 1. The molecule has 0 aliphatic carbocycles. The molecular weight excluding hydrogens is 419 g/mol. The van der Waals surface area contributed by atoms with Crippen molar-refractivity contribution >= 4 is 60.7 Å². The van der Waals surface area contributed by atoms with E-state index in [4.69, 9.17) is 11.6 Å². The zero-order valence-corrected chi connectivity index (χ0v) is 15.1. The first kappa shape index (κ1) is 16.3. The molecule has 0 unspecified atom stereocenters. The summed E-state index contributed by atoms with van der Waals surface area (Å²) in [5.74, 6) is -0.128. The Morgan fingerprint density at radius 3 is 2.71 bits per heavy atom. The van der Waals surface area contributed by atoms with Crippen molar-refractivity contribution in [2.24, 2.45) is 0 Å². The average Bonchev–Trinajstić information content (AvgIpc) is 2.41. The molecule has 0 saturated carbocycles. The molecule has 0 aliphatic rings. The summed E-state index contributed by atoms with van der Waals surface area (Å²) in [7, 11) is 0. The first-order valence-electron chi connectivity index (χ1n) is 6.20. The SMILES string of the molecule is Cc1cc(Br)c(NCC(=O)Nc2cccc(Br)c2)cc1Cl. The third kappa shape index (κ3) is 4.73. The van der Waals surface area contributed by atoms with Crippen molar-refractivity contribution in [1.82, 2.24) is 0 Å². The maximum Gasteiger partial charge on any atom is 0.243 e. The summed E-state index contributed by atoms with van der Waals surface area (Å²) in [6, 6.07) is 11.2. The molecule has 2 N–H and O–H groups in total. The highest BCUT2D eigenvalue weighted by Gasteiger charge is 2.07. The predicted molar refractivity (Wildman–Crippen MR) is 95.2 cm³/mol. The van der Waals surface area contributed by atoms with Gasteiger partial charge in [-0.2, -0.15) is 0 Å². The van der Waals surface area contributed by atoms with Gasteiger partial charge in [0.2, 0.25) is 5.91 Å². The van der Waals surface area contributed by atoms with Crippen LogP contribution in [0.2, 0.25) is 5.02 Å². The van der Waals surface area contributed by atoms with Gasteiger partial charge in [-0.15, -0.1) is 0 Å². The number of hydrogen-bond acceptors (Lipinski definition) is 2. The molecule has 0 aliphatic heterocycles. The van der Waals surface area contributed by atoms with Gasteiger partial charge in [-0.25, -0.2) is 0 Å². The maximum atomic E-state index is 11.9. The standard InChI is InChI=1S/C15H13Br2ClN2O/c1-9-5-12(17)14(7-13(9)18)19-8-15(21)20-11-4-2-3-10(16)6-11/h2-7,19H,8H2,1H3,(H,20,21). The second kappa shape index (κ2) is 7.29. The number of benzene rings is 2. The molecule has 0 spiro atoms. The normalized spacial score (nSPS) is 10.3. The van der Waals surface area contributed by atoms with Gasteiger partial charge in [0.25, 0.3) is 0 Å². The molecule has 0 bridgehead atoms. The zero-order valence-electron chi connectivity index (χ0n) is 11.2. The molecule has 0 saturated heterocycles. The highest BCUT2D eigenvalue weighted by atomic mass is 79.9. The minimum atomic E-state index is -0.128. The van der Waals surface area contributed by atoms with Crippen molar-refractivity contribution in [3.63, 3.8) is 0 Å². The van der Waals surface area contributed by atoms with Crippen LogP contribution in [-0.4, -0.2) is 12.5 Å². The number of nitrogens with one attached hydrogen (secondary N) is 2. The Hall–Kier alpha value is -1.04. The molecular formula is C15H13Br2ClN2O. The Morgan fingerprint density at radius 2 is 2.00 bits per heavy atom. The number of aryl methyl sites for hydroxylation is 1. The molecule has 3 nitrogen and oxygen atoms in total. The van der Waals surface area contributed by atoms with Gasteiger partial charge in [0.1, 0.15) is 0 Å². The number of halogens is 3. The molecule has 2 rings (SSSR count). The monoisotopic (exact) mass is 430 g/mol. The van der Waals surface area contributed by atoms with Gasteiger partial charge in [0.05, 0.1) is 12.2 Å². The molecule has 0 heterocycles. The molecule has 0 aromatic heterocycles. The lowest BCUT2D eigenvalue weighted by Gasteiger charge is -2.11. The molecule has 21 heavy (non-hydrogen) atoms. The Balaban J connectivity index is 1.97. The Kier molecular flexibility index (Phi) is 5.67. The molecule has 0 fully saturated rings. The highest BCUT2D eigenvalue weighted by molar-refractivity contribution is 9.10. The summed E-state index contributed by atoms with van der Waals surface area (Å²) in [6.07, 6.45) is 0. The molecule has 0 atom stereocenters. The number of amides is 1. The van der Waals surface area contributed by atoms with Crippen LogP contribution in [0.3, 0.4) is 0 Å². The van der Waals surface area contributed by atoms with Gasteiger partial charge >= 0.3 is 0 Å². The fourth-order valence-corrected chi connectivity index (χ4v) is 2.89. The summed E-state index contributed by atoms with van der Waals surface area (Å²) in [5, 5.41) is 6.54. The summed E-state index contributed by atoms with van der Waals surface area (Å²) in [5.41, 5.74) is 2.51. The predicted octanol–water partition coefficient (Wildman–Crippen LogP) is 5.22. The van der Waals surface area contributed by atoms with E-state index in [1.807, 2.05) is 37.3 Å². The Labute approximate surface area is 145 Å². The highest BCUT2D eigenvalue weighted by Crippen LogP contribution is 2.29. The molecule has 0 radical (unpaired) electrons. The fraction of sp³-hybridized carbons (Fsp3) is 0.133. The smallest absolute Gasteiger partial charge is 0.243 e. The van der Waals surface area contributed by atoms with E-state index < -0.39 is 0 Å². The van der Waals surface area contributed by atoms with Crippen molar-refractivity contribution in [1.29, 1.82) is 0 Å². The zero-order chi connectivity index (χ0) is 15.4. The maximum absolute atomic E-state index is 11.9. The topological polar surface area (TPSA) is 41.1 Å². The summed E-state index contributed by atoms with van der Waals surface area (Å²) >= 11 is 12.9. The fourth-order valence-electron chi connectivity index (χ4n) is 1.73. The number of rotatable bonds is 4. The van der Waals surface area contributed by atoms with E-state index in [2.05, 4.69) is 42.5 Å². The summed E-state index contributed by atoms with van der Waals surface area (Å²) < 4.78 is 1.79. The van der Waals surface area contributed by atoms with Crippen LogP contribution in [0.15, 0.2) is 45.3 Å². The third-order valence-corrected chi connectivity index (χ3v) is 4.35. The van der Waals surface area contributed by atoms with Gasteiger partial charge in [-0.05, 0) is 58.7 Å². The van der Waals surface area contributed by atoms with Crippen LogP contribution in [0.1, 0.15) is 5.56 Å². The quantitative estimate of drug-likeness (QED) is 0.695. The van der Waals surface area contributed by atoms with Crippen LogP contribution >= 0.6 is 43.5 Å². The minimum absolute atomic E-state index is 0.128. The van der Waals surface area contributed by atoms with Crippen LogP contribution < -0.4 is 10.6 Å². The minimum Gasteiger partial charge on any atom is -0.375 e. The van der Waals surface area contributed by atoms with Gasteiger partial charge < -0.3 is 10.6 Å². The number of hydrogen-bond donors (Lipinski definition) is 2. The van der Waals surface area contributed by atoms with Crippen LogP contribution in [0.25, 0.3) is 0 Å². The number of anilines is 2. The van der Waals surface area contributed by atoms with Crippen LogP contribution in [0.4, 0.5) is 11.4 Å². The second-order valence-electron chi connectivity index (χ2n) is 4.49. The average molecular weight is 433 g/mol. The van der Waals surface area contributed by atoms with Crippen molar-refractivity contribution in [3.05, 3.63) is 55.9 Å². The van der Waals surface area contributed by atoms with Crippen molar-refractivity contribution in [3.8, 4) is 0 Å². The van der Waals surface area contributed by atoms with E-state index in [0.29, 0.717) is 5.02 Å². The Morgan fingerprint density at radius 1 is 1.24 bits per heavy atom. The van der Waals surface area contributed by atoms with E-state index in [0.717, 1.165) is 25.9 Å². The largest absolute Gasteiger partial charge is 0.375 e. The summed E-state index contributed by atoms with van der Waals surface area (Å²) in [4.78, 5) is 11.9.